The molecule has 2 rings (SSSR count). The van der Waals surface area contributed by atoms with Crippen LogP contribution in [-0.2, 0) is 0 Å². The largest absolute Gasteiger partial charge is 0.329 e. The molecule has 1 saturated carbocycles. The van der Waals surface area contributed by atoms with Crippen LogP contribution in [0.5, 0.6) is 0 Å². The summed E-state index contributed by atoms with van der Waals surface area (Å²) in [6.07, 6.45) is 7.99. The lowest BCUT2D eigenvalue weighted by atomic mass is 9.86. The molecule has 2 aliphatic rings. The van der Waals surface area contributed by atoms with Crippen molar-refractivity contribution in [2.45, 2.75) is 57.0 Å². The first kappa shape index (κ1) is 12.3. The summed E-state index contributed by atoms with van der Waals surface area (Å²) in [5.74, 6) is 0. The normalized spacial score (nSPS) is 27.4. The van der Waals surface area contributed by atoms with Crippen molar-refractivity contribution >= 4 is 0 Å². The maximum atomic E-state index is 6.02. The molecule has 3 heteroatoms. The van der Waals surface area contributed by atoms with Crippen molar-refractivity contribution in [1.29, 1.82) is 0 Å². The van der Waals surface area contributed by atoms with Gasteiger partial charge >= 0.3 is 0 Å². The van der Waals surface area contributed by atoms with Crippen molar-refractivity contribution in [3.8, 4) is 0 Å². The molecule has 0 amide bonds. The predicted molar refractivity (Wildman–Crippen MR) is 68.5 cm³/mol. The van der Waals surface area contributed by atoms with E-state index < -0.39 is 0 Å². The predicted octanol–water partition coefficient (Wildman–Crippen LogP) is 1.33. The molecule has 1 aliphatic carbocycles. The first-order valence-electron chi connectivity index (χ1n) is 6.98. The molecule has 94 valence electrons. The number of nitrogens with two attached hydrogens (primary N) is 1. The molecule has 1 saturated heterocycles. The van der Waals surface area contributed by atoms with Crippen LogP contribution < -0.4 is 11.1 Å². The Hall–Kier alpha value is -0.120. The third-order valence-electron chi connectivity index (χ3n) is 4.52. The lowest BCUT2D eigenvalue weighted by Gasteiger charge is -2.43. The summed E-state index contributed by atoms with van der Waals surface area (Å²) in [7, 11) is 0. The summed E-state index contributed by atoms with van der Waals surface area (Å²) >= 11 is 0. The summed E-state index contributed by atoms with van der Waals surface area (Å²) in [6, 6.07) is 0.747. The van der Waals surface area contributed by atoms with Crippen LogP contribution in [-0.4, -0.2) is 42.7 Å². The van der Waals surface area contributed by atoms with Gasteiger partial charge in [-0.25, -0.2) is 0 Å². The molecule has 0 aromatic carbocycles. The Morgan fingerprint density at radius 1 is 1.25 bits per heavy atom. The summed E-state index contributed by atoms with van der Waals surface area (Å²) < 4.78 is 0. The minimum absolute atomic E-state index is 0.251. The quantitative estimate of drug-likeness (QED) is 0.758. The Morgan fingerprint density at radius 3 is 2.38 bits per heavy atom. The third-order valence-corrected chi connectivity index (χ3v) is 4.52. The molecule has 0 aromatic heterocycles. The van der Waals surface area contributed by atoms with Gasteiger partial charge in [0.2, 0.25) is 0 Å². The van der Waals surface area contributed by atoms with Gasteiger partial charge < -0.3 is 16.0 Å². The van der Waals surface area contributed by atoms with E-state index >= 15 is 0 Å². The Labute approximate surface area is 99.8 Å². The van der Waals surface area contributed by atoms with Crippen molar-refractivity contribution in [1.82, 2.24) is 10.2 Å². The van der Waals surface area contributed by atoms with Gasteiger partial charge in [-0.05, 0) is 45.3 Å². The van der Waals surface area contributed by atoms with E-state index in [0.717, 1.165) is 12.6 Å². The topological polar surface area (TPSA) is 41.3 Å². The molecular formula is C13H27N3. The van der Waals surface area contributed by atoms with Crippen molar-refractivity contribution < 1.29 is 0 Å². The molecular weight excluding hydrogens is 198 g/mol. The molecule has 3 nitrogen and oxygen atoms in total. The van der Waals surface area contributed by atoms with E-state index in [2.05, 4.69) is 17.1 Å². The van der Waals surface area contributed by atoms with Crippen molar-refractivity contribution in [3.05, 3.63) is 0 Å². The molecule has 0 radical (unpaired) electrons. The van der Waals surface area contributed by atoms with Crippen molar-refractivity contribution in [2.24, 2.45) is 5.73 Å². The van der Waals surface area contributed by atoms with Crippen LogP contribution in [0.3, 0.4) is 0 Å². The van der Waals surface area contributed by atoms with Gasteiger partial charge in [-0.1, -0.05) is 19.8 Å². The molecule has 2 fully saturated rings. The first-order valence-corrected chi connectivity index (χ1v) is 6.98. The molecule has 0 bridgehead atoms. The van der Waals surface area contributed by atoms with E-state index in [1.54, 1.807) is 0 Å². The third kappa shape index (κ3) is 2.76. The number of nitrogens with one attached hydrogen (secondary N) is 1. The fraction of sp³-hybridized carbons (Fsp3) is 1.00. The van der Waals surface area contributed by atoms with Crippen molar-refractivity contribution in [3.63, 3.8) is 0 Å². The van der Waals surface area contributed by atoms with Crippen molar-refractivity contribution in [2.75, 3.05) is 26.2 Å². The van der Waals surface area contributed by atoms with Crippen LogP contribution in [0.15, 0.2) is 0 Å². The first-order chi connectivity index (χ1) is 7.78. The fourth-order valence-electron chi connectivity index (χ4n) is 3.21. The van der Waals surface area contributed by atoms with Gasteiger partial charge in [-0.2, -0.15) is 0 Å². The monoisotopic (exact) mass is 225 g/mol. The van der Waals surface area contributed by atoms with Crippen LogP contribution in [0.2, 0.25) is 0 Å². The van der Waals surface area contributed by atoms with Gasteiger partial charge in [0, 0.05) is 18.1 Å². The zero-order valence-corrected chi connectivity index (χ0v) is 10.7. The summed E-state index contributed by atoms with van der Waals surface area (Å²) in [5, 5.41) is 3.87. The van der Waals surface area contributed by atoms with Gasteiger partial charge in [-0.3, -0.25) is 0 Å². The van der Waals surface area contributed by atoms with Gasteiger partial charge in [0.15, 0.2) is 0 Å². The van der Waals surface area contributed by atoms with Crippen LogP contribution in [0.1, 0.15) is 45.4 Å². The van der Waals surface area contributed by atoms with Gasteiger partial charge in [-0.15, -0.1) is 0 Å². The average molecular weight is 225 g/mol. The van der Waals surface area contributed by atoms with Crippen LogP contribution in [0.25, 0.3) is 0 Å². The maximum Gasteiger partial charge on any atom is 0.0330 e. The molecule has 0 atom stereocenters. The number of hydrogen-bond donors (Lipinski definition) is 2. The number of piperidine rings is 1. The summed E-state index contributed by atoms with van der Waals surface area (Å²) in [6.45, 7) is 6.67. The molecule has 16 heavy (non-hydrogen) atoms. The van der Waals surface area contributed by atoms with E-state index in [9.17, 15) is 0 Å². The summed E-state index contributed by atoms with van der Waals surface area (Å²) in [4.78, 5) is 2.53. The minimum Gasteiger partial charge on any atom is -0.329 e. The number of likely N-dealkylation sites (tertiary alicyclic amines) is 1. The zero-order chi connectivity index (χ0) is 11.4. The Kier molecular flexibility index (Phi) is 4.22. The smallest absolute Gasteiger partial charge is 0.0330 e. The average Bonchev–Trinajstić information content (AvgIpc) is 2.83. The molecule has 0 aromatic rings. The maximum absolute atomic E-state index is 6.02. The minimum atomic E-state index is 0.251. The van der Waals surface area contributed by atoms with Crippen LogP contribution in [0, 0.1) is 0 Å². The Balaban J connectivity index is 1.87. The van der Waals surface area contributed by atoms with Crippen LogP contribution in [0.4, 0.5) is 0 Å². The van der Waals surface area contributed by atoms with Gasteiger partial charge in [0.05, 0.1) is 0 Å². The van der Waals surface area contributed by atoms with E-state index in [-0.39, 0.29) is 5.54 Å². The molecule has 3 N–H and O–H groups in total. The second-order valence-electron chi connectivity index (χ2n) is 5.54. The Morgan fingerprint density at radius 2 is 1.88 bits per heavy atom. The summed E-state index contributed by atoms with van der Waals surface area (Å²) in [5.41, 5.74) is 6.27. The highest BCUT2D eigenvalue weighted by atomic mass is 15.2. The number of nitrogens with zero attached hydrogens (tertiary/aromatic N) is 1. The highest BCUT2D eigenvalue weighted by Gasteiger charge is 2.35. The molecule has 0 unspecified atom stereocenters. The lowest BCUT2D eigenvalue weighted by Crippen LogP contribution is -2.59. The fourth-order valence-corrected chi connectivity index (χ4v) is 3.21. The van der Waals surface area contributed by atoms with E-state index in [4.69, 9.17) is 5.73 Å². The second-order valence-corrected chi connectivity index (χ2v) is 5.54. The molecule has 1 heterocycles. The molecule has 1 aliphatic heterocycles. The van der Waals surface area contributed by atoms with E-state index in [1.807, 2.05) is 0 Å². The Bertz CT molecular complexity index is 203. The second kappa shape index (κ2) is 5.48. The molecule has 0 spiro atoms. The number of rotatable bonds is 4. The lowest BCUT2D eigenvalue weighted by molar-refractivity contribution is 0.133. The van der Waals surface area contributed by atoms with E-state index in [0.29, 0.717) is 0 Å². The standard InChI is InChI=1S/C13H27N3/c1-2-16-9-7-13(11-14,8-10-16)15-12-5-3-4-6-12/h12,15H,2-11,14H2,1H3. The zero-order valence-electron chi connectivity index (χ0n) is 10.7. The van der Waals surface area contributed by atoms with Crippen LogP contribution >= 0.6 is 0 Å². The van der Waals surface area contributed by atoms with Gasteiger partial charge in [0.25, 0.3) is 0 Å². The highest BCUT2D eigenvalue weighted by Crippen LogP contribution is 2.26. The highest BCUT2D eigenvalue weighted by molar-refractivity contribution is 4.96. The van der Waals surface area contributed by atoms with E-state index in [1.165, 1.54) is 58.2 Å². The number of hydrogen-bond acceptors (Lipinski definition) is 3. The van der Waals surface area contributed by atoms with Gasteiger partial charge in [0.1, 0.15) is 0 Å². The SMILES string of the molecule is CCN1CCC(CN)(NC2CCCC2)CC1.